The largest absolute Gasteiger partial charge is 1.00 e. The molecule has 3 aromatic carbocycles. The van der Waals surface area contributed by atoms with Crippen LogP contribution in [0.1, 0.15) is 66.5 Å². The minimum atomic E-state index is -0.0758. The number of benzene rings is 2. The molecule has 0 fully saturated rings. The summed E-state index contributed by atoms with van der Waals surface area (Å²) in [5.41, 5.74) is 4.60. The summed E-state index contributed by atoms with van der Waals surface area (Å²) in [6, 6.07) is 21.9. The summed E-state index contributed by atoms with van der Waals surface area (Å²) in [6.45, 7) is 17.2. The van der Waals surface area contributed by atoms with Gasteiger partial charge in [-0.05, 0) is 28.7 Å². The van der Waals surface area contributed by atoms with Gasteiger partial charge in [-0.25, -0.2) is 12.1 Å². The fraction of sp³-hybridized carbons (Fsp3) is 0.357. The molecule has 0 aliphatic rings. The molecule has 1 nitrogen and oxygen atoms in total. The van der Waals surface area contributed by atoms with E-state index in [1.807, 2.05) is 36.4 Å². The van der Waals surface area contributed by atoms with Gasteiger partial charge in [-0.1, -0.05) is 88.9 Å². The van der Waals surface area contributed by atoms with Gasteiger partial charge in [0, 0.05) is 10.6 Å². The van der Waals surface area contributed by atoms with Gasteiger partial charge in [0.05, 0.1) is 0 Å². The van der Waals surface area contributed by atoms with E-state index in [-0.39, 0.29) is 36.0 Å². The van der Waals surface area contributed by atoms with Gasteiger partial charge in [-0.3, -0.25) is 0 Å². The van der Waals surface area contributed by atoms with Crippen molar-refractivity contribution < 1.29 is 49.9 Å². The van der Waals surface area contributed by atoms with Crippen molar-refractivity contribution in [2.45, 2.75) is 66.2 Å². The summed E-state index contributed by atoms with van der Waals surface area (Å²) in [7, 11) is 0. The molecule has 0 aliphatic carbocycles. The first kappa shape index (κ1) is 34.2. The second-order valence-corrected chi connectivity index (χ2v) is 11.9. The first-order valence-corrected chi connectivity index (χ1v) is 11.7. The van der Waals surface area contributed by atoms with Gasteiger partial charge >= 0.3 is 37.6 Å². The van der Waals surface area contributed by atoms with Crippen molar-refractivity contribution in [2.24, 2.45) is 0 Å². The third-order valence-electron chi connectivity index (χ3n) is 4.48. The minimum Gasteiger partial charge on any atom is -1.00 e. The smallest absolute Gasteiger partial charge is 1.00 e. The topological polar surface area (TPSA) is 20.2 Å². The molecule has 0 amide bonds. The van der Waals surface area contributed by atoms with E-state index in [4.69, 9.17) is 11.6 Å². The Kier molecular flexibility index (Phi) is 15.7. The van der Waals surface area contributed by atoms with Crippen molar-refractivity contribution in [1.29, 1.82) is 0 Å². The van der Waals surface area contributed by atoms with E-state index < -0.39 is 0 Å². The van der Waals surface area contributed by atoms with Gasteiger partial charge in [-0.2, -0.15) is 17.7 Å². The molecule has 3 aromatic rings. The molecular weight excluding hydrogens is 507 g/mol. The van der Waals surface area contributed by atoms with Crippen LogP contribution in [-0.2, 0) is 30.8 Å². The number of hydrogen-bond donors (Lipinski definition) is 1. The summed E-state index contributed by atoms with van der Waals surface area (Å²) in [4.78, 5) is 0. The zero-order valence-corrected chi connectivity index (χ0v) is 24.8. The summed E-state index contributed by atoms with van der Waals surface area (Å²) in [5.74, 6) is 0.235. The number of halogens is 3. The van der Waals surface area contributed by atoms with E-state index in [0.29, 0.717) is 10.4 Å². The van der Waals surface area contributed by atoms with Gasteiger partial charge in [0.15, 0.2) is 0 Å². The van der Waals surface area contributed by atoms with Crippen LogP contribution in [0.3, 0.4) is 0 Å². The molecule has 0 unspecified atom stereocenters. The number of rotatable bonds is 1. The molecule has 0 atom stereocenters. The molecule has 0 aliphatic heterocycles. The molecule has 0 heterocycles. The Hall–Kier alpha value is -0.956. The van der Waals surface area contributed by atoms with Crippen LogP contribution in [0, 0.1) is 0 Å². The van der Waals surface area contributed by atoms with E-state index in [1.165, 1.54) is 9.37 Å². The molecule has 1 N–H and O–H groups in total. The summed E-state index contributed by atoms with van der Waals surface area (Å²) >= 11 is 8.14. The summed E-state index contributed by atoms with van der Waals surface area (Å²) in [6.07, 6.45) is 0. The van der Waals surface area contributed by atoms with Crippen molar-refractivity contribution in [1.82, 2.24) is 0 Å². The van der Waals surface area contributed by atoms with Crippen LogP contribution < -0.4 is 24.8 Å². The molecular formula is C28H36Cl3OTi-. The number of phenols is 1. The van der Waals surface area contributed by atoms with Crippen molar-refractivity contribution in [3.63, 3.8) is 0 Å². The maximum atomic E-state index is 10.2. The third-order valence-corrected chi connectivity index (χ3v) is 4.70. The van der Waals surface area contributed by atoms with Gasteiger partial charge < -0.3 is 29.9 Å². The molecule has 0 bridgehead atoms. The normalized spacial score (nSPS) is 10.4. The Morgan fingerprint density at radius 2 is 1.30 bits per heavy atom. The molecule has 33 heavy (non-hydrogen) atoms. The molecule has 3 rings (SSSR count). The van der Waals surface area contributed by atoms with Gasteiger partial charge in [0.2, 0.25) is 0 Å². The number of phenolic OH excluding ortho intramolecular Hbond substituents is 1. The maximum absolute atomic E-state index is 10.2. The number of hydrogen-bond acceptors (Lipinski definition) is 1. The molecule has 0 spiro atoms. The Morgan fingerprint density at radius 3 is 1.67 bits per heavy atom. The van der Waals surface area contributed by atoms with Gasteiger partial charge in [0.1, 0.15) is 5.75 Å². The second kappa shape index (κ2) is 15.1. The van der Waals surface area contributed by atoms with Gasteiger partial charge in [0.25, 0.3) is 0 Å². The van der Waals surface area contributed by atoms with Crippen LogP contribution in [-0.4, -0.2) is 8.92 Å². The SMILES string of the molecule is CC(C)(C)[c-]1cccc1.CC(C)(C)c1cc(Cl)cc(O)c1-c1ccccc1.C[C](C)=[Ti+2].[Cl-].[Cl-]. The molecule has 0 saturated heterocycles. The zero-order chi connectivity index (χ0) is 23.8. The molecule has 180 valence electrons. The Balaban J connectivity index is 0. The van der Waals surface area contributed by atoms with Crippen molar-refractivity contribution >= 4 is 15.4 Å². The maximum Gasteiger partial charge on any atom is -1.00 e. The average molecular weight is 543 g/mol. The predicted octanol–water partition coefficient (Wildman–Crippen LogP) is 2.47. The predicted molar refractivity (Wildman–Crippen MR) is 134 cm³/mol. The summed E-state index contributed by atoms with van der Waals surface area (Å²) < 4.78 is 1.42. The van der Waals surface area contributed by atoms with Crippen molar-refractivity contribution in [3.8, 4) is 16.9 Å². The second-order valence-electron chi connectivity index (χ2n) is 9.89. The standard InChI is InChI=1S/C16H17ClO.C9H13.C3H6.2ClH.Ti/c1-16(2,3)13-9-12(17)10-14(18)15(13)11-7-5-4-6-8-11;1-9(2,3)8-6-4-5-7-8;1-3-2;;;/h4-10,18H,1-3H3;4-7H,1-3H3;1-2H3;2*1H;/q;-1;;;;+2/p-2. The molecule has 5 heteroatoms. The fourth-order valence-corrected chi connectivity index (χ4v) is 3.18. The molecule has 0 aromatic heterocycles. The zero-order valence-electron chi connectivity index (χ0n) is 20.9. The van der Waals surface area contributed by atoms with Crippen molar-refractivity contribution in [2.75, 3.05) is 0 Å². The van der Waals surface area contributed by atoms with E-state index in [1.54, 1.807) is 6.07 Å². The van der Waals surface area contributed by atoms with E-state index in [9.17, 15) is 5.11 Å². The van der Waals surface area contributed by atoms with E-state index in [2.05, 4.69) is 99.6 Å². The van der Waals surface area contributed by atoms with Crippen LogP contribution in [0.15, 0.2) is 66.7 Å². The van der Waals surface area contributed by atoms with Crippen LogP contribution >= 0.6 is 11.6 Å². The monoisotopic (exact) mass is 541 g/mol. The minimum absolute atomic E-state index is 0. The number of aromatic hydroxyl groups is 1. The Labute approximate surface area is 230 Å². The Morgan fingerprint density at radius 1 is 0.848 bits per heavy atom. The third kappa shape index (κ3) is 12.4. The van der Waals surface area contributed by atoms with E-state index in [0.717, 1.165) is 16.7 Å². The van der Waals surface area contributed by atoms with Crippen LogP contribution in [0.5, 0.6) is 5.75 Å². The van der Waals surface area contributed by atoms with Gasteiger partial charge in [-0.15, -0.1) is 0 Å². The molecule has 0 radical (unpaired) electrons. The van der Waals surface area contributed by atoms with E-state index >= 15 is 0 Å². The quantitative estimate of drug-likeness (QED) is 0.370. The van der Waals surface area contributed by atoms with Crippen LogP contribution in [0.2, 0.25) is 5.02 Å². The fourth-order valence-electron chi connectivity index (χ4n) is 2.97. The van der Waals surface area contributed by atoms with Crippen LogP contribution in [0.25, 0.3) is 11.1 Å². The average Bonchev–Trinajstić information content (AvgIpc) is 3.16. The molecule has 0 saturated carbocycles. The van der Waals surface area contributed by atoms with Crippen molar-refractivity contribution in [3.05, 3.63) is 82.9 Å². The first-order chi connectivity index (χ1) is 14.2. The van der Waals surface area contributed by atoms with Crippen LogP contribution in [0.4, 0.5) is 0 Å². The Bertz CT molecular complexity index is 947. The first-order valence-electron chi connectivity index (χ1n) is 10.6. The summed E-state index contributed by atoms with van der Waals surface area (Å²) in [5, 5.41) is 10.8.